The molecule has 0 aliphatic rings. The fourth-order valence-corrected chi connectivity index (χ4v) is 2.22. The summed E-state index contributed by atoms with van der Waals surface area (Å²) < 4.78 is 31.8. The maximum absolute atomic E-state index is 11.9. The van der Waals surface area contributed by atoms with Crippen LogP contribution in [0.5, 0.6) is 0 Å². The molecule has 0 rings (SSSR count). The zero-order valence-corrected chi connectivity index (χ0v) is 20.7. The van der Waals surface area contributed by atoms with E-state index in [1.54, 1.807) is 20.8 Å². The van der Waals surface area contributed by atoms with Gasteiger partial charge in [-0.1, -0.05) is 6.92 Å². The maximum Gasteiger partial charge on any atom is 0.407 e. The van der Waals surface area contributed by atoms with Crippen LogP contribution in [0.2, 0.25) is 0 Å². The Morgan fingerprint density at radius 1 is 0.788 bits per heavy atom. The molecule has 0 heterocycles. The van der Waals surface area contributed by atoms with Crippen molar-refractivity contribution in [1.82, 2.24) is 10.6 Å². The largest absolute Gasteiger partial charge is 0.444 e. The first-order valence-corrected chi connectivity index (χ1v) is 11.3. The molecule has 11 nitrogen and oxygen atoms in total. The van der Waals surface area contributed by atoms with Gasteiger partial charge in [-0.2, -0.15) is 0 Å². The molecule has 0 aliphatic heterocycles. The lowest BCUT2D eigenvalue weighted by molar-refractivity contribution is -0.128. The standard InChI is InChI=1S/C22H42N2O9/c1-6-19(15-24-21(27)33-22(3,4)5)32-17-20(26)23-7-8-28-9-10-29-11-12-30-13-14-31-16-18(2)25/h19H,6-17H2,1-5H3,(H,23,26)(H,24,27). The SMILES string of the molecule is CCC(CNC(=O)OC(C)(C)C)OCC(=O)NCCOCCOCCOCCOCC(C)=O. The molecule has 194 valence electrons. The molecule has 11 heteroatoms. The first-order chi connectivity index (χ1) is 15.6. The Morgan fingerprint density at radius 3 is 1.85 bits per heavy atom. The van der Waals surface area contributed by atoms with Crippen LogP contribution in [0.1, 0.15) is 41.0 Å². The predicted octanol–water partition coefficient (Wildman–Crippen LogP) is 1.08. The second-order valence-electron chi connectivity index (χ2n) is 8.17. The summed E-state index contributed by atoms with van der Waals surface area (Å²) >= 11 is 0. The normalized spacial score (nSPS) is 12.3. The van der Waals surface area contributed by atoms with E-state index in [0.717, 1.165) is 0 Å². The molecular weight excluding hydrogens is 436 g/mol. The lowest BCUT2D eigenvalue weighted by Crippen LogP contribution is -2.39. The second kappa shape index (κ2) is 19.7. The van der Waals surface area contributed by atoms with Crippen LogP contribution in [0.3, 0.4) is 0 Å². The lowest BCUT2D eigenvalue weighted by Gasteiger charge is -2.21. The van der Waals surface area contributed by atoms with Gasteiger partial charge in [0.15, 0.2) is 5.78 Å². The Morgan fingerprint density at radius 2 is 1.33 bits per heavy atom. The summed E-state index contributed by atoms with van der Waals surface area (Å²) in [5, 5.41) is 5.34. The van der Waals surface area contributed by atoms with Crippen molar-refractivity contribution in [2.45, 2.75) is 52.7 Å². The quantitative estimate of drug-likeness (QED) is 0.247. The number of hydrogen-bond donors (Lipinski definition) is 2. The van der Waals surface area contributed by atoms with E-state index >= 15 is 0 Å². The molecule has 0 aromatic carbocycles. The average Bonchev–Trinajstić information content (AvgIpc) is 2.72. The summed E-state index contributed by atoms with van der Waals surface area (Å²) in [5.74, 6) is -0.268. The van der Waals surface area contributed by atoms with E-state index in [9.17, 15) is 14.4 Å². The fourth-order valence-electron chi connectivity index (χ4n) is 2.22. The molecule has 0 spiro atoms. The third-order valence-corrected chi connectivity index (χ3v) is 3.77. The van der Waals surface area contributed by atoms with E-state index in [1.807, 2.05) is 6.92 Å². The minimum absolute atomic E-state index is 0.0129. The van der Waals surface area contributed by atoms with Gasteiger partial charge in [0, 0.05) is 13.1 Å². The van der Waals surface area contributed by atoms with Crippen molar-refractivity contribution in [2.75, 3.05) is 72.6 Å². The van der Waals surface area contributed by atoms with Gasteiger partial charge in [-0.15, -0.1) is 0 Å². The van der Waals surface area contributed by atoms with E-state index in [2.05, 4.69) is 10.6 Å². The van der Waals surface area contributed by atoms with E-state index in [1.165, 1.54) is 6.92 Å². The molecule has 2 amide bonds. The number of ketones is 1. The molecule has 0 bridgehead atoms. The molecule has 0 aromatic rings. The number of amides is 2. The molecule has 0 radical (unpaired) electrons. The number of hydrogen-bond acceptors (Lipinski definition) is 9. The second-order valence-corrected chi connectivity index (χ2v) is 8.17. The van der Waals surface area contributed by atoms with Gasteiger partial charge in [0.25, 0.3) is 0 Å². The van der Waals surface area contributed by atoms with Crippen LogP contribution in [0.4, 0.5) is 4.79 Å². The van der Waals surface area contributed by atoms with Gasteiger partial charge in [0.2, 0.25) is 5.91 Å². The highest BCUT2D eigenvalue weighted by molar-refractivity contribution is 5.77. The Balaban J connectivity index is 3.54. The van der Waals surface area contributed by atoms with Gasteiger partial charge < -0.3 is 39.1 Å². The molecule has 0 aromatic heterocycles. The van der Waals surface area contributed by atoms with Crippen LogP contribution in [0.25, 0.3) is 0 Å². The first-order valence-electron chi connectivity index (χ1n) is 11.3. The van der Waals surface area contributed by atoms with Crippen molar-refractivity contribution < 1.29 is 42.8 Å². The first kappa shape index (κ1) is 31.2. The maximum atomic E-state index is 11.9. The Hall–Kier alpha value is -1.79. The molecule has 1 unspecified atom stereocenters. The number of nitrogens with one attached hydrogen (secondary N) is 2. The van der Waals surface area contributed by atoms with Gasteiger partial charge >= 0.3 is 6.09 Å². The summed E-state index contributed by atoms with van der Waals surface area (Å²) in [6, 6.07) is 0. The summed E-state index contributed by atoms with van der Waals surface area (Å²) in [4.78, 5) is 34.2. The molecule has 2 N–H and O–H groups in total. The average molecular weight is 479 g/mol. The highest BCUT2D eigenvalue weighted by Crippen LogP contribution is 2.06. The summed E-state index contributed by atoms with van der Waals surface area (Å²) in [6.07, 6.45) is -0.155. The van der Waals surface area contributed by atoms with Crippen LogP contribution >= 0.6 is 0 Å². The van der Waals surface area contributed by atoms with Crippen molar-refractivity contribution in [3.05, 3.63) is 0 Å². The van der Waals surface area contributed by atoms with E-state index in [0.29, 0.717) is 59.2 Å². The number of carbonyl (C=O) groups excluding carboxylic acids is 3. The van der Waals surface area contributed by atoms with Crippen LogP contribution in [0.15, 0.2) is 0 Å². The van der Waals surface area contributed by atoms with Gasteiger partial charge in [-0.05, 0) is 34.1 Å². The van der Waals surface area contributed by atoms with E-state index in [4.69, 9.17) is 28.4 Å². The highest BCUT2D eigenvalue weighted by Gasteiger charge is 2.17. The van der Waals surface area contributed by atoms with Gasteiger partial charge in [0.1, 0.15) is 18.8 Å². The van der Waals surface area contributed by atoms with Crippen molar-refractivity contribution in [3.8, 4) is 0 Å². The van der Waals surface area contributed by atoms with Gasteiger partial charge in [-0.25, -0.2) is 4.79 Å². The fraction of sp³-hybridized carbons (Fsp3) is 0.864. The number of alkyl carbamates (subject to hydrolysis) is 1. The van der Waals surface area contributed by atoms with Crippen LogP contribution < -0.4 is 10.6 Å². The van der Waals surface area contributed by atoms with Gasteiger partial charge in [-0.3, -0.25) is 9.59 Å². The van der Waals surface area contributed by atoms with Crippen LogP contribution in [-0.2, 0) is 38.0 Å². The minimum Gasteiger partial charge on any atom is -0.444 e. The third kappa shape index (κ3) is 23.2. The summed E-state index contributed by atoms with van der Waals surface area (Å²) in [6.45, 7) is 12.2. The minimum atomic E-state index is -0.566. The van der Waals surface area contributed by atoms with E-state index < -0.39 is 11.7 Å². The molecular formula is C22H42N2O9. The lowest BCUT2D eigenvalue weighted by atomic mass is 10.2. The molecule has 0 aliphatic carbocycles. The van der Waals surface area contributed by atoms with Crippen LogP contribution in [0, 0.1) is 0 Å². The summed E-state index contributed by atoms with van der Waals surface area (Å²) in [5.41, 5.74) is -0.566. The molecule has 33 heavy (non-hydrogen) atoms. The van der Waals surface area contributed by atoms with Crippen molar-refractivity contribution in [3.63, 3.8) is 0 Å². The van der Waals surface area contributed by atoms with Crippen molar-refractivity contribution >= 4 is 17.8 Å². The topological polar surface area (TPSA) is 131 Å². The Labute approximate surface area is 197 Å². The monoisotopic (exact) mass is 478 g/mol. The number of carbonyl (C=O) groups is 3. The molecule has 0 saturated carbocycles. The van der Waals surface area contributed by atoms with Crippen molar-refractivity contribution in [1.29, 1.82) is 0 Å². The van der Waals surface area contributed by atoms with Crippen LogP contribution in [-0.4, -0.2) is 102 Å². The predicted molar refractivity (Wildman–Crippen MR) is 121 cm³/mol. The zero-order valence-electron chi connectivity index (χ0n) is 20.7. The smallest absolute Gasteiger partial charge is 0.407 e. The third-order valence-electron chi connectivity index (χ3n) is 3.77. The van der Waals surface area contributed by atoms with E-state index in [-0.39, 0.29) is 37.6 Å². The Bertz CT molecular complexity index is 538. The Kier molecular flexibility index (Phi) is 18.6. The summed E-state index contributed by atoms with van der Waals surface area (Å²) in [7, 11) is 0. The molecule has 0 saturated heterocycles. The molecule has 0 fully saturated rings. The molecule has 1 atom stereocenters. The number of ether oxygens (including phenoxy) is 6. The number of rotatable bonds is 20. The van der Waals surface area contributed by atoms with Gasteiger partial charge in [0.05, 0.1) is 52.4 Å². The van der Waals surface area contributed by atoms with Crippen molar-refractivity contribution in [2.24, 2.45) is 0 Å². The zero-order chi connectivity index (χ0) is 25.0. The number of Topliss-reactive ketones (excluding diaryl/α,β-unsaturated/α-hetero) is 1. The highest BCUT2D eigenvalue weighted by atomic mass is 16.6.